The molecule has 0 spiro atoms. The zero-order chi connectivity index (χ0) is 24.1. The molecule has 2 heterocycles. The van der Waals surface area contributed by atoms with Gasteiger partial charge < -0.3 is 20.3 Å². The molecule has 2 N–H and O–H groups in total. The van der Waals surface area contributed by atoms with Crippen molar-refractivity contribution in [2.75, 3.05) is 57.5 Å². The molecule has 1 aliphatic heterocycles. The zero-order valence-electron chi connectivity index (χ0n) is 20.3. The number of carbonyl (C=O) groups excluding carboxylic acids is 1. The lowest BCUT2D eigenvalue weighted by Crippen LogP contribution is -2.50. The van der Waals surface area contributed by atoms with E-state index in [1.165, 1.54) is 38.4 Å². The number of aromatic nitrogens is 2. The van der Waals surface area contributed by atoms with E-state index in [2.05, 4.69) is 32.4 Å². The van der Waals surface area contributed by atoms with Crippen LogP contribution in [0.1, 0.15) is 43.0 Å². The summed E-state index contributed by atoms with van der Waals surface area (Å²) in [4.78, 5) is 26.2. The number of ether oxygens (including phenoxy) is 1. The van der Waals surface area contributed by atoms with Crippen LogP contribution in [0.4, 0.5) is 17.5 Å². The third-order valence-electron chi connectivity index (χ3n) is 6.99. The molecule has 2 fully saturated rings. The molecule has 1 amide bonds. The number of hydrogen-bond donors (Lipinski definition) is 2. The van der Waals surface area contributed by atoms with Crippen molar-refractivity contribution in [1.29, 1.82) is 0 Å². The number of methoxy groups -OCH3 is 1. The monoisotopic (exact) mass is 486 g/mol. The summed E-state index contributed by atoms with van der Waals surface area (Å²) in [6.07, 6.45) is 6.93. The van der Waals surface area contributed by atoms with E-state index in [0.717, 1.165) is 38.0 Å². The van der Waals surface area contributed by atoms with Gasteiger partial charge in [0.1, 0.15) is 16.6 Å². The minimum Gasteiger partial charge on any atom is -0.495 e. The van der Waals surface area contributed by atoms with E-state index in [9.17, 15) is 4.79 Å². The van der Waals surface area contributed by atoms with Gasteiger partial charge in [0.2, 0.25) is 5.95 Å². The van der Waals surface area contributed by atoms with Crippen molar-refractivity contribution < 1.29 is 9.53 Å². The Hall–Kier alpha value is -2.58. The summed E-state index contributed by atoms with van der Waals surface area (Å²) in [7, 11) is 3.33. The fourth-order valence-corrected chi connectivity index (χ4v) is 5.03. The smallest absolute Gasteiger partial charge is 0.254 e. The van der Waals surface area contributed by atoms with Crippen molar-refractivity contribution >= 4 is 35.0 Å². The second-order valence-corrected chi connectivity index (χ2v) is 9.81. The van der Waals surface area contributed by atoms with E-state index < -0.39 is 0 Å². The number of nitrogens with one attached hydrogen (secondary N) is 2. The van der Waals surface area contributed by atoms with Gasteiger partial charge in [0.15, 0.2) is 0 Å². The van der Waals surface area contributed by atoms with Crippen molar-refractivity contribution in [3.8, 4) is 5.75 Å². The highest BCUT2D eigenvalue weighted by molar-refractivity contribution is 6.32. The van der Waals surface area contributed by atoms with Crippen molar-refractivity contribution in [3.05, 3.63) is 35.0 Å². The van der Waals surface area contributed by atoms with Crippen LogP contribution in [0.3, 0.4) is 0 Å². The van der Waals surface area contributed by atoms with Crippen LogP contribution in [0.15, 0.2) is 24.4 Å². The zero-order valence-corrected chi connectivity index (χ0v) is 21.1. The minimum atomic E-state index is 0.0382. The van der Waals surface area contributed by atoms with Crippen molar-refractivity contribution in [2.24, 2.45) is 11.8 Å². The highest BCUT2D eigenvalue weighted by Gasteiger charge is 2.26. The average molecular weight is 487 g/mol. The number of anilines is 3. The van der Waals surface area contributed by atoms with E-state index >= 15 is 0 Å². The van der Waals surface area contributed by atoms with Crippen LogP contribution in [0.5, 0.6) is 5.75 Å². The Morgan fingerprint density at radius 2 is 1.91 bits per heavy atom. The highest BCUT2D eigenvalue weighted by Crippen LogP contribution is 2.31. The van der Waals surface area contributed by atoms with Crippen LogP contribution in [-0.2, 0) is 0 Å². The second-order valence-electron chi connectivity index (χ2n) is 9.40. The molecule has 1 aliphatic carbocycles. The summed E-state index contributed by atoms with van der Waals surface area (Å²) in [5, 5.41) is 6.51. The Balaban J connectivity index is 1.35. The fourth-order valence-electron chi connectivity index (χ4n) is 4.84. The van der Waals surface area contributed by atoms with Crippen LogP contribution in [0.25, 0.3) is 0 Å². The molecule has 9 heteroatoms. The number of carbonyl (C=O) groups is 1. The molecule has 4 rings (SSSR count). The van der Waals surface area contributed by atoms with E-state index in [1.807, 2.05) is 17.0 Å². The molecule has 184 valence electrons. The van der Waals surface area contributed by atoms with E-state index in [1.54, 1.807) is 20.2 Å². The fraction of sp³-hybridized carbons (Fsp3) is 0.560. The van der Waals surface area contributed by atoms with Crippen molar-refractivity contribution in [1.82, 2.24) is 19.8 Å². The van der Waals surface area contributed by atoms with Crippen LogP contribution in [0.2, 0.25) is 5.02 Å². The first-order chi connectivity index (χ1) is 16.5. The van der Waals surface area contributed by atoms with E-state index in [-0.39, 0.29) is 5.91 Å². The van der Waals surface area contributed by atoms with Crippen molar-refractivity contribution in [3.63, 3.8) is 0 Å². The topological polar surface area (TPSA) is 82.6 Å². The van der Waals surface area contributed by atoms with Crippen LogP contribution >= 0.6 is 11.6 Å². The highest BCUT2D eigenvalue weighted by atomic mass is 35.5. The quantitative estimate of drug-likeness (QED) is 0.595. The van der Waals surface area contributed by atoms with Crippen molar-refractivity contribution in [2.45, 2.75) is 32.6 Å². The van der Waals surface area contributed by atoms with Crippen LogP contribution < -0.4 is 15.4 Å². The SMILES string of the molecule is CNc1nc(Nc2ccc(C(=O)N3CCN(C[C@H]4CC[C@@H](C)CC4)CC3)cc2OC)ncc1Cl. The molecule has 1 saturated carbocycles. The molecule has 0 atom stereocenters. The van der Waals surface area contributed by atoms with Gasteiger partial charge in [-0.15, -0.1) is 0 Å². The summed E-state index contributed by atoms with van der Waals surface area (Å²) in [5.41, 5.74) is 1.29. The molecule has 2 aliphatic rings. The Bertz CT molecular complexity index is 987. The lowest BCUT2D eigenvalue weighted by molar-refractivity contribution is 0.0600. The predicted molar refractivity (Wildman–Crippen MR) is 136 cm³/mol. The maximum atomic E-state index is 13.2. The molecular weight excluding hydrogens is 452 g/mol. The average Bonchev–Trinajstić information content (AvgIpc) is 2.87. The normalized spacial score (nSPS) is 21.2. The first-order valence-electron chi connectivity index (χ1n) is 12.1. The first kappa shape index (κ1) is 24.5. The summed E-state index contributed by atoms with van der Waals surface area (Å²) in [6, 6.07) is 5.41. The number of nitrogens with zero attached hydrogens (tertiary/aromatic N) is 4. The number of benzene rings is 1. The molecule has 1 aromatic carbocycles. The first-order valence-corrected chi connectivity index (χ1v) is 12.5. The minimum absolute atomic E-state index is 0.0382. The summed E-state index contributed by atoms with van der Waals surface area (Å²) >= 11 is 6.07. The molecule has 2 aromatic rings. The van der Waals surface area contributed by atoms with Gasteiger partial charge in [-0.25, -0.2) is 4.98 Å². The molecular formula is C25H35ClN6O2. The molecule has 0 radical (unpaired) electrons. The van der Waals surface area contributed by atoms with Gasteiger partial charge in [-0.3, -0.25) is 9.69 Å². The van der Waals surface area contributed by atoms with Gasteiger partial charge in [0.25, 0.3) is 5.91 Å². The number of amides is 1. The summed E-state index contributed by atoms with van der Waals surface area (Å²) in [6.45, 7) is 6.94. The number of halogens is 1. The molecule has 1 saturated heterocycles. The number of rotatable bonds is 7. The maximum Gasteiger partial charge on any atom is 0.254 e. The van der Waals surface area contributed by atoms with Gasteiger partial charge in [0, 0.05) is 45.3 Å². The lowest BCUT2D eigenvalue weighted by Gasteiger charge is -2.38. The second kappa shape index (κ2) is 11.2. The Labute approximate surface area is 207 Å². The Morgan fingerprint density at radius 1 is 1.18 bits per heavy atom. The summed E-state index contributed by atoms with van der Waals surface area (Å²) in [5.74, 6) is 3.21. The standard InChI is InChI=1S/C25H35ClN6O2/c1-17-4-6-18(7-5-17)16-31-10-12-32(13-11-31)24(33)19-8-9-21(22(14-19)34-3)29-25-28-15-20(26)23(27-2)30-25/h8-9,14-15,17-18H,4-7,10-13,16H2,1-3H3,(H2,27,28,29,30)/t17-,18+. The van der Waals surface area contributed by atoms with Gasteiger partial charge in [-0.05, 0) is 42.9 Å². The van der Waals surface area contributed by atoms with E-state index in [4.69, 9.17) is 16.3 Å². The van der Waals surface area contributed by atoms with Gasteiger partial charge >= 0.3 is 0 Å². The van der Waals surface area contributed by atoms with Gasteiger partial charge in [0.05, 0.1) is 19.0 Å². The molecule has 0 unspecified atom stereocenters. The molecule has 1 aromatic heterocycles. The third-order valence-corrected chi connectivity index (χ3v) is 7.26. The molecule has 8 nitrogen and oxygen atoms in total. The Morgan fingerprint density at radius 3 is 2.59 bits per heavy atom. The maximum absolute atomic E-state index is 13.2. The van der Waals surface area contributed by atoms with Gasteiger partial charge in [-0.1, -0.05) is 31.4 Å². The lowest BCUT2D eigenvalue weighted by atomic mass is 9.83. The summed E-state index contributed by atoms with van der Waals surface area (Å²) < 4.78 is 5.55. The predicted octanol–water partition coefficient (Wildman–Crippen LogP) is 4.51. The molecule has 34 heavy (non-hydrogen) atoms. The number of piperazine rings is 1. The molecule has 0 bridgehead atoms. The Kier molecular flexibility index (Phi) is 8.11. The van der Waals surface area contributed by atoms with Crippen LogP contribution in [-0.4, -0.2) is 72.6 Å². The third kappa shape index (κ3) is 5.91. The van der Waals surface area contributed by atoms with Gasteiger partial charge in [-0.2, -0.15) is 4.98 Å². The number of hydrogen-bond acceptors (Lipinski definition) is 7. The van der Waals surface area contributed by atoms with E-state index in [0.29, 0.717) is 33.8 Å². The van der Waals surface area contributed by atoms with Crippen LogP contribution in [0, 0.1) is 11.8 Å². The largest absolute Gasteiger partial charge is 0.495 e.